The standard InChI is InChI=1S/C12H13F4N2O2P/c13-7-3-6(4-8(21)10(7)11(17)19)18-1-2-20-5-9(18)12(14,15)16/h3-4,9H,1-2,5,21H2,(H2,17,19). The van der Waals surface area contributed by atoms with Crippen molar-refractivity contribution in [1.29, 1.82) is 0 Å². The van der Waals surface area contributed by atoms with Crippen LogP contribution in [-0.4, -0.2) is 37.9 Å². The summed E-state index contributed by atoms with van der Waals surface area (Å²) < 4.78 is 57.7. The van der Waals surface area contributed by atoms with Gasteiger partial charge < -0.3 is 15.4 Å². The normalized spacial score (nSPS) is 19.7. The number of nitrogens with zero attached hydrogens (tertiary/aromatic N) is 1. The summed E-state index contributed by atoms with van der Waals surface area (Å²) in [5.74, 6) is -1.92. The predicted molar refractivity (Wildman–Crippen MR) is 72.3 cm³/mol. The minimum Gasteiger partial charge on any atom is -0.377 e. The number of amides is 1. The second-order valence-corrected chi connectivity index (χ2v) is 5.20. The Kier molecular flexibility index (Phi) is 4.39. The van der Waals surface area contributed by atoms with E-state index in [1.165, 1.54) is 6.07 Å². The van der Waals surface area contributed by atoms with Crippen LogP contribution < -0.4 is 15.9 Å². The molecule has 2 unspecified atom stereocenters. The van der Waals surface area contributed by atoms with Gasteiger partial charge in [-0.05, 0) is 17.4 Å². The summed E-state index contributed by atoms with van der Waals surface area (Å²) in [7, 11) is 2.11. The van der Waals surface area contributed by atoms with E-state index in [2.05, 4.69) is 9.24 Å². The summed E-state index contributed by atoms with van der Waals surface area (Å²) in [4.78, 5) is 12.1. The number of hydrogen-bond donors (Lipinski definition) is 1. The topological polar surface area (TPSA) is 55.6 Å². The second kappa shape index (κ2) is 5.77. The third kappa shape index (κ3) is 3.27. The lowest BCUT2D eigenvalue weighted by molar-refractivity contribution is -0.167. The lowest BCUT2D eigenvalue weighted by atomic mass is 10.1. The molecular formula is C12H13F4N2O2P. The zero-order valence-corrected chi connectivity index (χ0v) is 11.9. The molecule has 116 valence electrons. The molecule has 0 aliphatic carbocycles. The molecule has 0 aromatic heterocycles. The van der Waals surface area contributed by atoms with Crippen LogP contribution in [0.3, 0.4) is 0 Å². The van der Waals surface area contributed by atoms with E-state index in [0.29, 0.717) is 0 Å². The average Bonchev–Trinajstić information content (AvgIpc) is 2.36. The van der Waals surface area contributed by atoms with E-state index >= 15 is 0 Å². The highest BCUT2D eigenvalue weighted by molar-refractivity contribution is 7.27. The van der Waals surface area contributed by atoms with Gasteiger partial charge in [0.1, 0.15) is 11.9 Å². The third-order valence-electron chi connectivity index (χ3n) is 3.19. The smallest absolute Gasteiger partial charge is 0.377 e. The molecule has 1 saturated heterocycles. The fraction of sp³-hybridized carbons (Fsp3) is 0.417. The Morgan fingerprint density at radius 3 is 2.62 bits per heavy atom. The number of anilines is 1. The monoisotopic (exact) mass is 324 g/mol. The molecule has 2 N–H and O–H groups in total. The van der Waals surface area contributed by atoms with Crippen molar-refractivity contribution in [3.8, 4) is 0 Å². The quantitative estimate of drug-likeness (QED) is 0.657. The molecule has 1 fully saturated rings. The highest BCUT2D eigenvalue weighted by atomic mass is 31.0. The molecule has 21 heavy (non-hydrogen) atoms. The van der Waals surface area contributed by atoms with Crippen LogP contribution in [0.15, 0.2) is 12.1 Å². The fourth-order valence-electron chi connectivity index (χ4n) is 2.22. The van der Waals surface area contributed by atoms with Gasteiger partial charge in [0.25, 0.3) is 5.91 Å². The maximum absolute atomic E-state index is 13.9. The number of nitrogens with two attached hydrogens (primary N) is 1. The van der Waals surface area contributed by atoms with E-state index in [1.54, 1.807) is 0 Å². The first kappa shape index (κ1) is 16.0. The van der Waals surface area contributed by atoms with Gasteiger partial charge in [-0.3, -0.25) is 4.79 Å². The van der Waals surface area contributed by atoms with Gasteiger partial charge in [-0.1, -0.05) is 0 Å². The van der Waals surface area contributed by atoms with Crippen LogP contribution in [0.4, 0.5) is 23.2 Å². The number of benzene rings is 1. The van der Waals surface area contributed by atoms with Crippen molar-refractivity contribution in [1.82, 2.24) is 0 Å². The minimum absolute atomic E-state index is 0.0242. The maximum Gasteiger partial charge on any atom is 0.411 e. The lowest BCUT2D eigenvalue weighted by Gasteiger charge is -2.38. The summed E-state index contributed by atoms with van der Waals surface area (Å²) in [6.07, 6.45) is -4.50. The molecule has 2 rings (SSSR count). The Labute approximate surface area is 120 Å². The maximum atomic E-state index is 13.9. The molecule has 0 saturated carbocycles. The summed E-state index contributed by atoms with van der Waals surface area (Å²) in [6, 6.07) is 0.324. The van der Waals surface area contributed by atoms with Gasteiger partial charge in [-0.15, -0.1) is 9.24 Å². The second-order valence-electron chi connectivity index (χ2n) is 4.58. The predicted octanol–water partition coefficient (Wildman–Crippen LogP) is 1.19. The van der Waals surface area contributed by atoms with E-state index in [4.69, 9.17) is 10.5 Å². The zero-order valence-electron chi connectivity index (χ0n) is 10.8. The van der Waals surface area contributed by atoms with E-state index in [0.717, 1.165) is 11.0 Å². The molecule has 0 radical (unpaired) electrons. The number of hydrogen-bond acceptors (Lipinski definition) is 3. The summed E-state index contributed by atoms with van der Waals surface area (Å²) in [6.45, 7) is -0.434. The van der Waals surface area contributed by atoms with Gasteiger partial charge in [0.15, 0.2) is 0 Å². The van der Waals surface area contributed by atoms with Crippen molar-refractivity contribution in [3.63, 3.8) is 0 Å². The molecule has 0 spiro atoms. The largest absolute Gasteiger partial charge is 0.411 e. The number of primary amides is 1. The first-order valence-corrected chi connectivity index (χ1v) is 6.59. The number of alkyl halides is 3. The molecule has 1 heterocycles. The number of halogens is 4. The van der Waals surface area contributed by atoms with Crippen LogP contribution in [-0.2, 0) is 4.74 Å². The van der Waals surface area contributed by atoms with E-state index in [-0.39, 0.29) is 29.7 Å². The summed E-state index contributed by atoms with van der Waals surface area (Å²) in [5, 5.41) is 0.116. The molecule has 1 aromatic carbocycles. The van der Waals surface area contributed by atoms with Crippen LogP contribution >= 0.6 is 9.24 Å². The van der Waals surface area contributed by atoms with Crippen molar-refractivity contribution >= 4 is 26.1 Å². The Morgan fingerprint density at radius 1 is 1.43 bits per heavy atom. The Balaban J connectivity index is 2.43. The van der Waals surface area contributed by atoms with Crippen molar-refractivity contribution in [2.75, 3.05) is 24.7 Å². The summed E-state index contributed by atoms with van der Waals surface area (Å²) in [5.41, 5.74) is 4.72. The van der Waals surface area contributed by atoms with Crippen molar-refractivity contribution in [2.24, 2.45) is 5.73 Å². The SMILES string of the molecule is NC(=O)c1c(F)cc(N2CCOCC2C(F)(F)F)cc1P. The van der Waals surface area contributed by atoms with E-state index in [1.807, 2.05) is 0 Å². The number of carbonyl (C=O) groups is 1. The van der Waals surface area contributed by atoms with Gasteiger partial charge in [-0.25, -0.2) is 4.39 Å². The molecule has 1 amide bonds. The van der Waals surface area contributed by atoms with Gasteiger partial charge in [0.05, 0.1) is 18.8 Å². The number of carbonyl (C=O) groups excluding carboxylic acids is 1. The fourth-order valence-corrected chi connectivity index (χ4v) is 2.67. The molecule has 1 aliphatic rings. The Morgan fingerprint density at radius 2 is 2.10 bits per heavy atom. The highest BCUT2D eigenvalue weighted by Crippen LogP contribution is 2.31. The van der Waals surface area contributed by atoms with Crippen LogP contribution in [0.2, 0.25) is 0 Å². The van der Waals surface area contributed by atoms with Crippen molar-refractivity contribution in [3.05, 3.63) is 23.5 Å². The first-order valence-electron chi connectivity index (χ1n) is 6.01. The first-order chi connectivity index (χ1) is 9.71. The summed E-state index contributed by atoms with van der Waals surface area (Å²) >= 11 is 0. The van der Waals surface area contributed by atoms with Crippen LogP contribution in [0.25, 0.3) is 0 Å². The van der Waals surface area contributed by atoms with Gasteiger partial charge in [0, 0.05) is 12.2 Å². The molecule has 2 atom stereocenters. The Hall–Kier alpha value is -1.40. The molecular weight excluding hydrogens is 311 g/mol. The zero-order chi connectivity index (χ0) is 15.8. The molecule has 0 bridgehead atoms. The van der Waals surface area contributed by atoms with E-state index < -0.39 is 30.5 Å². The third-order valence-corrected chi connectivity index (χ3v) is 3.65. The number of rotatable bonds is 2. The Bertz CT molecular complexity index is 542. The van der Waals surface area contributed by atoms with E-state index in [9.17, 15) is 22.4 Å². The van der Waals surface area contributed by atoms with Crippen LogP contribution in [0.5, 0.6) is 0 Å². The van der Waals surface area contributed by atoms with Crippen LogP contribution in [0, 0.1) is 5.82 Å². The lowest BCUT2D eigenvalue weighted by Crippen LogP contribution is -2.53. The number of morpholine rings is 1. The highest BCUT2D eigenvalue weighted by Gasteiger charge is 2.45. The van der Waals surface area contributed by atoms with Crippen LogP contribution in [0.1, 0.15) is 10.4 Å². The van der Waals surface area contributed by atoms with Gasteiger partial charge in [-0.2, -0.15) is 13.2 Å². The number of ether oxygens (including phenoxy) is 1. The van der Waals surface area contributed by atoms with Gasteiger partial charge >= 0.3 is 6.18 Å². The molecule has 1 aromatic rings. The van der Waals surface area contributed by atoms with Gasteiger partial charge in [0.2, 0.25) is 0 Å². The molecule has 1 aliphatic heterocycles. The van der Waals surface area contributed by atoms with Crippen molar-refractivity contribution in [2.45, 2.75) is 12.2 Å². The average molecular weight is 324 g/mol. The van der Waals surface area contributed by atoms with Crippen molar-refractivity contribution < 1.29 is 27.1 Å². The minimum atomic E-state index is -4.50. The molecule has 9 heteroatoms. The molecule has 4 nitrogen and oxygen atoms in total.